The third-order valence-electron chi connectivity index (χ3n) is 5.90. The number of halogens is 1. The van der Waals surface area contributed by atoms with E-state index in [-0.39, 0.29) is 30.2 Å². The Kier molecular flexibility index (Phi) is 4.11. The van der Waals surface area contributed by atoms with Gasteiger partial charge in [0.05, 0.1) is 4.92 Å². The van der Waals surface area contributed by atoms with Crippen molar-refractivity contribution in [2.24, 2.45) is 0 Å². The van der Waals surface area contributed by atoms with Crippen LogP contribution in [0.5, 0.6) is 0 Å². The van der Waals surface area contributed by atoms with Gasteiger partial charge in [0.2, 0.25) is 0 Å². The van der Waals surface area contributed by atoms with Crippen LogP contribution in [0.2, 0.25) is 0 Å². The summed E-state index contributed by atoms with van der Waals surface area (Å²) in [6.07, 6.45) is 0. The predicted molar refractivity (Wildman–Crippen MR) is 109 cm³/mol. The second-order valence-electron chi connectivity index (χ2n) is 7.45. The fourth-order valence-electron chi connectivity index (χ4n) is 4.63. The Labute approximate surface area is 176 Å². The number of fused-ring (bicyclic) bond motifs is 3. The van der Waals surface area contributed by atoms with Gasteiger partial charge in [-0.3, -0.25) is 19.7 Å². The topological polar surface area (TPSA) is 83.8 Å². The minimum atomic E-state index is -1.31. The molecule has 3 aromatic rings. The Bertz CT molecular complexity index is 1240. The Hall–Kier alpha value is -4.07. The standard InChI is InChI=1S/C23H16FN3O4/c24-17-10-8-15(9-11-17)21(28)25-12-13-26-22(29)19-6-1-2-7-20(19)23(25,26)16-4-3-5-18(14-16)27(30)31/h1-11,14H,12-13H2. The molecule has 31 heavy (non-hydrogen) atoms. The van der Waals surface area contributed by atoms with Crippen LogP contribution in [0.4, 0.5) is 10.1 Å². The number of nitro benzene ring substituents is 1. The summed E-state index contributed by atoms with van der Waals surface area (Å²) in [6, 6.07) is 18.2. The van der Waals surface area contributed by atoms with Crippen LogP contribution < -0.4 is 0 Å². The minimum Gasteiger partial charge on any atom is -0.306 e. The zero-order chi connectivity index (χ0) is 21.8. The molecule has 1 unspecified atom stereocenters. The van der Waals surface area contributed by atoms with Crippen molar-refractivity contribution < 1.29 is 18.9 Å². The van der Waals surface area contributed by atoms with E-state index in [9.17, 15) is 24.1 Å². The number of rotatable bonds is 3. The number of carbonyl (C=O) groups is 2. The molecule has 0 N–H and O–H groups in total. The van der Waals surface area contributed by atoms with Crippen LogP contribution in [-0.4, -0.2) is 39.6 Å². The summed E-state index contributed by atoms with van der Waals surface area (Å²) in [4.78, 5) is 40.8. The van der Waals surface area contributed by atoms with Gasteiger partial charge >= 0.3 is 0 Å². The first-order chi connectivity index (χ1) is 14.9. The van der Waals surface area contributed by atoms with Gasteiger partial charge in [-0.15, -0.1) is 0 Å². The highest BCUT2D eigenvalue weighted by Gasteiger charge is 2.59. The van der Waals surface area contributed by atoms with E-state index in [1.54, 1.807) is 46.2 Å². The molecule has 2 heterocycles. The third-order valence-corrected chi connectivity index (χ3v) is 5.90. The van der Waals surface area contributed by atoms with Crippen molar-refractivity contribution >= 4 is 17.5 Å². The summed E-state index contributed by atoms with van der Waals surface area (Å²) in [7, 11) is 0. The number of hydrogen-bond donors (Lipinski definition) is 0. The van der Waals surface area contributed by atoms with E-state index in [4.69, 9.17) is 0 Å². The smallest absolute Gasteiger partial charge is 0.269 e. The van der Waals surface area contributed by atoms with Crippen LogP contribution in [0.3, 0.4) is 0 Å². The zero-order valence-corrected chi connectivity index (χ0v) is 16.2. The van der Waals surface area contributed by atoms with Gasteiger partial charge in [-0.05, 0) is 30.3 Å². The fourth-order valence-corrected chi connectivity index (χ4v) is 4.63. The van der Waals surface area contributed by atoms with Crippen LogP contribution in [-0.2, 0) is 5.66 Å². The Balaban J connectivity index is 1.76. The third kappa shape index (κ3) is 2.58. The number of nitrogens with zero attached hydrogens (tertiary/aromatic N) is 3. The van der Waals surface area contributed by atoms with E-state index < -0.39 is 22.3 Å². The molecule has 8 heteroatoms. The molecular weight excluding hydrogens is 401 g/mol. The number of benzene rings is 3. The lowest BCUT2D eigenvalue weighted by Gasteiger charge is -2.40. The summed E-state index contributed by atoms with van der Waals surface area (Å²) >= 11 is 0. The van der Waals surface area contributed by atoms with Crippen LogP contribution >= 0.6 is 0 Å². The molecule has 0 aromatic heterocycles. The molecule has 3 aromatic carbocycles. The maximum absolute atomic E-state index is 13.5. The van der Waals surface area contributed by atoms with Crippen molar-refractivity contribution in [1.29, 1.82) is 0 Å². The molecule has 1 fully saturated rings. The van der Waals surface area contributed by atoms with E-state index in [0.29, 0.717) is 16.7 Å². The fraction of sp³-hybridized carbons (Fsp3) is 0.130. The van der Waals surface area contributed by atoms with Crippen LogP contribution in [0.15, 0.2) is 72.8 Å². The van der Waals surface area contributed by atoms with Crippen LogP contribution in [0.1, 0.15) is 31.8 Å². The summed E-state index contributed by atoms with van der Waals surface area (Å²) in [5, 5.41) is 11.4. The van der Waals surface area contributed by atoms with E-state index >= 15 is 0 Å². The summed E-state index contributed by atoms with van der Waals surface area (Å²) < 4.78 is 13.4. The van der Waals surface area contributed by atoms with E-state index in [1.165, 1.54) is 36.4 Å². The van der Waals surface area contributed by atoms with Crippen LogP contribution in [0.25, 0.3) is 0 Å². The molecule has 0 saturated carbocycles. The average molecular weight is 417 g/mol. The maximum Gasteiger partial charge on any atom is 0.269 e. The molecule has 2 aliphatic rings. The Morgan fingerprint density at radius 1 is 1.00 bits per heavy atom. The molecule has 2 aliphatic heterocycles. The highest BCUT2D eigenvalue weighted by molar-refractivity contribution is 6.03. The van der Waals surface area contributed by atoms with E-state index in [2.05, 4.69) is 0 Å². The summed E-state index contributed by atoms with van der Waals surface area (Å²) in [6.45, 7) is 0.502. The largest absolute Gasteiger partial charge is 0.306 e. The summed E-state index contributed by atoms with van der Waals surface area (Å²) in [5.74, 6) is -1.09. The lowest BCUT2D eigenvalue weighted by atomic mass is 9.89. The molecule has 5 rings (SSSR count). The van der Waals surface area contributed by atoms with Crippen molar-refractivity contribution in [3.05, 3.63) is 111 Å². The van der Waals surface area contributed by atoms with E-state index in [1.807, 2.05) is 0 Å². The number of non-ortho nitro benzene ring substituents is 1. The molecule has 0 radical (unpaired) electrons. The zero-order valence-electron chi connectivity index (χ0n) is 16.2. The molecule has 1 atom stereocenters. The lowest BCUT2D eigenvalue weighted by Crippen LogP contribution is -2.51. The van der Waals surface area contributed by atoms with Gasteiger partial charge in [0.15, 0.2) is 5.66 Å². The van der Waals surface area contributed by atoms with Gasteiger partial charge in [-0.25, -0.2) is 4.39 Å². The van der Waals surface area contributed by atoms with Gasteiger partial charge in [-0.1, -0.05) is 30.3 Å². The average Bonchev–Trinajstić information content (AvgIpc) is 3.30. The Morgan fingerprint density at radius 3 is 2.48 bits per heavy atom. The minimum absolute atomic E-state index is 0.135. The molecule has 154 valence electrons. The molecular formula is C23H16FN3O4. The molecule has 1 saturated heterocycles. The van der Waals surface area contributed by atoms with Gasteiger partial charge in [0, 0.05) is 47.5 Å². The number of carbonyl (C=O) groups excluding carboxylic acids is 2. The van der Waals surface area contributed by atoms with Gasteiger partial charge in [0.1, 0.15) is 5.82 Å². The summed E-state index contributed by atoms with van der Waals surface area (Å²) in [5.41, 5.74) is 0.312. The van der Waals surface area contributed by atoms with Gasteiger partial charge in [-0.2, -0.15) is 0 Å². The predicted octanol–water partition coefficient (Wildman–Crippen LogP) is 3.55. The SMILES string of the molecule is O=C(c1ccc(F)cc1)N1CCN2C(=O)c3ccccc3C12c1cccc([N+](=O)[O-])c1. The first-order valence-corrected chi connectivity index (χ1v) is 9.68. The molecule has 7 nitrogen and oxygen atoms in total. The van der Waals surface area contributed by atoms with Crippen molar-refractivity contribution in [3.63, 3.8) is 0 Å². The Morgan fingerprint density at radius 2 is 1.74 bits per heavy atom. The van der Waals surface area contributed by atoms with Gasteiger partial charge in [0.25, 0.3) is 17.5 Å². The van der Waals surface area contributed by atoms with Gasteiger partial charge < -0.3 is 9.80 Å². The van der Waals surface area contributed by atoms with Crippen molar-refractivity contribution in [3.8, 4) is 0 Å². The van der Waals surface area contributed by atoms with Crippen molar-refractivity contribution in [2.75, 3.05) is 13.1 Å². The van der Waals surface area contributed by atoms with Crippen molar-refractivity contribution in [1.82, 2.24) is 9.80 Å². The quantitative estimate of drug-likeness (QED) is 0.482. The first kappa shape index (κ1) is 18.9. The number of nitro groups is 1. The molecule has 0 aliphatic carbocycles. The number of hydrogen-bond acceptors (Lipinski definition) is 4. The van der Waals surface area contributed by atoms with E-state index in [0.717, 1.165) is 0 Å². The normalized spacial score (nSPS) is 19.3. The highest BCUT2D eigenvalue weighted by Crippen LogP contribution is 2.50. The monoisotopic (exact) mass is 417 g/mol. The molecule has 0 bridgehead atoms. The van der Waals surface area contributed by atoms with Crippen LogP contribution in [0, 0.1) is 15.9 Å². The van der Waals surface area contributed by atoms with Crippen molar-refractivity contribution in [2.45, 2.75) is 5.66 Å². The highest BCUT2D eigenvalue weighted by atomic mass is 19.1. The number of amides is 2. The molecule has 2 amide bonds. The first-order valence-electron chi connectivity index (χ1n) is 9.68. The second-order valence-corrected chi connectivity index (χ2v) is 7.45. The molecule has 0 spiro atoms. The second kappa shape index (κ2) is 6.73. The lowest BCUT2D eigenvalue weighted by molar-refractivity contribution is -0.385. The maximum atomic E-state index is 13.5.